The highest BCUT2D eigenvalue weighted by atomic mass is 32.2. The van der Waals surface area contributed by atoms with Gasteiger partial charge >= 0.3 is 0 Å². The lowest BCUT2D eigenvalue weighted by molar-refractivity contribution is -0.385. The van der Waals surface area contributed by atoms with Crippen LogP contribution in [0.1, 0.15) is 28.4 Å². The van der Waals surface area contributed by atoms with Gasteiger partial charge in [-0.1, -0.05) is 23.9 Å². The maximum Gasteiger partial charge on any atom is 0.281 e. The molecule has 0 saturated carbocycles. The second-order valence-corrected chi connectivity index (χ2v) is 5.98. The Kier molecular flexibility index (Phi) is 4.43. The number of nitrogens with zero attached hydrogens (tertiary/aromatic N) is 1. The maximum atomic E-state index is 11.4. The van der Waals surface area contributed by atoms with Crippen LogP contribution in [0.4, 0.5) is 5.69 Å². The van der Waals surface area contributed by atoms with Crippen molar-refractivity contribution in [2.45, 2.75) is 30.6 Å². The van der Waals surface area contributed by atoms with Crippen LogP contribution < -0.4 is 0 Å². The number of hydrogen-bond acceptors (Lipinski definition) is 4. The molecule has 0 radical (unpaired) electrons. The second-order valence-electron chi connectivity index (χ2n) is 4.86. The predicted molar refractivity (Wildman–Crippen MR) is 83.1 cm³/mol. The highest BCUT2D eigenvalue weighted by molar-refractivity contribution is 7.99. The van der Waals surface area contributed by atoms with Crippen molar-refractivity contribution in [2.75, 3.05) is 0 Å². The molecule has 21 heavy (non-hydrogen) atoms. The molecule has 2 aromatic rings. The number of carbonyl (C=O) groups is 1. The molecule has 2 rings (SSSR count). The fourth-order valence-electron chi connectivity index (χ4n) is 1.97. The first-order chi connectivity index (χ1) is 9.88. The van der Waals surface area contributed by atoms with Gasteiger partial charge in [-0.15, -0.1) is 0 Å². The molecule has 5 heteroatoms. The molecule has 0 heterocycles. The third-order valence-corrected chi connectivity index (χ3v) is 4.27. The molecule has 0 aromatic heterocycles. The van der Waals surface area contributed by atoms with E-state index in [9.17, 15) is 14.9 Å². The first-order valence-electron chi connectivity index (χ1n) is 6.43. The summed E-state index contributed by atoms with van der Waals surface area (Å²) >= 11 is 1.46. The number of benzene rings is 2. The third kappa shape index (κ3) is 3.49. The predicted octanol–water partition coefficient (Wildman–Crippen LogP) is 4.57. The van der Waals surface area contributed by atoms with Crippen molar-refractivity contribution in [1.29, 1.82) is 0 Å². The molecule has 0 N–H and O–H groups in total. The summed E-state index contributed by atoms with van der Waals surface area (Å²) in [5.41, 5.74) is 2.25. The summed E-state index contributed by atoms with van der Waals surface area (Å²) in [4.78, 5) is 23.8. The van der Waals surface area contributed by atoms with E-state index >= 15 is 0 Å². The molecule has 0 aliphatic heterocycles. The third-order valence-electron chi connectivity index (χ3n) is 3.12. The van der Waals surface area contributed by atoms with Crippen molar-refractivity contribution in [3.05, 3.63) is 63.2 Å². The molecular formula is C16H15NO3S. The number of nitro groups is 1. The van der Waals surface area contributed by atoms with Crippen LogP contribution in [0.3, 0.4) is 0 Å². The molecule has 0 atom stereocenters. The van der Waals surface area contributed by atoms with Crippen LogP contribution in [0.25, 0.3) is 0 Å². The summed E-state index contributed by atoms with van der Waals surface area (Å²) in [6.45, 7) is 5.34. The van der Waals surface area contributed by atoms with Gasteiger partial charge in [0.25, 0.3) is 5.69 Å². The average molecular weight is 301 g/mol. The summed E-state index contributed by atoms with van der Waals surface area (Å²) in [6, 6.07) is 10.8. The fourth-order valence-corrected chi connectivity index (χ4v) is 3.00. The van der Waals surface area contributed by atoms with Crippen molar-refractivity contribution in [1.82, 2.24) is 0 Å². The Morgan fingerprint density at radius 3 is 2.48 bits per heavy atom. The van der Waals surface area contributed by atoms with E-state index in [1.165, 1.54) is 30.8 Å². The van der Waals surface area contributed by atoms with E-state index in [1.807, 2.05) is 32.0 Å². The van der Waals surface area contributed by atoms with Crippen LogP contribution >= 0.6 is 11.8 Å². The molecule has 4 nitrogen and oxygen atoms in total. The van der Waals surface area contributed by atoms with Gasteiger partial charge in [-0.25, -0.2) is 0 Å². The fraction of sp³-hybridized carbons (Fsp3) is 0.188. The van der Waals surface area contributed by atoms with Gasteiger partial charge in [-0.2, -0.15) is 0 Å². The van der Waals surface area contributed by atoms with Gasteiger partial charge in [-0.05, 0) is 50.1 Å². The molecule has 0 unspecified atom stereocenters. The van der Waals surface area contributed by atoms with Gasteiger partial charge in [-0.3, -0.25) is 14.9 Å². The molecule has 0 spiro atoms. The number of Topliss-reactive ketones (excluding diaryl/α,β-unsaturated/α-hetero) is 1. The lowest BCUT2D eigenvalue weighted by atomic mass is 10.1. The number of aryl methyl sites for hydroxylation is 2. The van der Waals surface area contributed by atoms with Crippen molar-refractivity contribution < 1.29 is 9.72 Å². The average Bonchev–Trinajstić information content (AvgIpc) is 2.42. The van der Waals surface area contributed by atoms with Crippen molar-refractivity contribution in [2.24, 2.45) is 0 Å². The van der Waals surface area contributed by atoms with Gasteiger partial charge in [0.05, 0.1) is 10.5 Å². The van der Waals surface area contributed by atoms with Crippen LogP contribution in [0.2, 0.25) is 0 Å². The molecule has 0 fully saturated rings. The topological polar surface area (TPSA) is 60.2 Å². The highest BCUT2D eigenvalue weighted by Crippen LogP contribution is 2.34. The minimum absolute atomic E-state index is 0.141. The van der Waals surface area contributed by atoms with E-state index in [0.29, 0.717) is 0 Å². The van der Waals surface area contributed by atoms with Gasteiger partial charge in [0.1, 0.15) is 0 Å². The highest BCUT2D eigenvalue weighted by Gasteiger charge is 2.18. The number of ketones is 1. The van der Waals surface area contributed by atoms with Crippen LogP contribution in [0.15, 0.2) is 46.2 Å². The Balaban J connectivity index is 2.41. The minimum atomic E-state index is -0.510. The van der Waals surface area contributed by atoms with Crippen LogP contribution in [-0.2, 0) is 0 Å². The van der Waals surface area contributed by atoms with E-state index in [4.69, 9.17) is 0 Å². The zero-order valence-electron chi connectivity index (χ0n) is 12.0. The Hall–Kier alpha value is -2.14. The number of nitro benzene ring substituents is 1. The van der Waals surface area contributed by atoms with E-state index in [0.717, 1.165) is 20.9 Å². The van der Waals surface area contributed by atoms with E-state index in [-0.39, 0.29) is 17.0 Å². The molecule has 0 saturated heterocycles. The standard InChI is InChI=1S/C16H15NO3S/c1-10-4-5-11(2)16(8-10)21-13-6-7-14(12(3)18)15(9-13)17(19)20/h4-9H,1-3H3. The van der Waals surface area contributed by atoms with Gasteiger partial charge in [0.15, 0.2) is 5.78 Å². The Morgan fingerprint density at radius 2 is 1.86 bits per heavy atom. The van der Waals surface area contributed by atoms with Crippen LogP contribution in [0.5, 0.6) is 0 Å². The smallest absolute Gasteiger partial charge is 0.281 e. The molecule has 0 aliphatic carbocycles. The monoisotopic (exact) mass is 301 g/mol. The molecule has 0 bridgehead atoms. The van der Waals surface area contributed by atoms with Crippen molar-refractivity contribution in [3.8, 4) is 0 Å². The van der Waals surface area contributed by atoms with Gasteiger partial charge in [0.2, 0.25) is 0 Å². The molecule has 2 aromatic carbocycles. The number of rotatable bonds is 4. The lowest BCUT2D eigenvalue weighted by Crippen LogP contribution is -2.00. The van der Waals surface area contributed by atoms with Crippen molar-refractivity contribution >= 4 is 23.2 Å². The Bertz CT molecular complexity index is 725. The lowest BCUT2D eigenvalue weighted by Gasteiger charge is -2.07. The largest absolute Gasteiger partial charge is 0.294 e. The van der Waals surface area contributed by atoms with Crippen LogP contribution in [0, 0.1) is 24.0 Å². The minimum Gasteiger partial charge on any atom is -0.294 e. The molecule has 0 amide bonds. The summed E-state index contributed by atoms with van der Waals surface area (Å²) in [6.07, 6.45) is 0. The molecule has 108 valence electrons. The number of carbonyl (C=O) groups excluding carboxylic acids is 1. The first-order valence-corrected chi connectivity index (χ1v) is 7.24. The molecular weight excluding hydrogens is 286 g/mol. The summed E-state index contributed by atoms with van der Waals surface area (Å²) in [5.74, 6) is -0.301. The second kappa shape index (κ2) is 6.10. The van der Waals surface area contributed by atoms with Crippen molar-refractivity contribution in [3.63, 3.8) is 0 Å². The van der Waals surface area contributed by atoms with E-state index < -0.39 is 4.92 Å². The van der Waals surface area contributed by atoms with Gasteiger partial charge in [0, 0.05) is 15.9 Å². The number of hydrogen-bond donors (Lipinski definition) is 0. The molecule has 0 aliphatic rings. The summed E-state index contributed by atoms with van der Waals surface area (Å²) in [7, 11) is 0. The van der Waals surface area contributed by atoms with E-state index in [2.05, 4.69) is 0 Å². The zero-order valence-corrected chi connectivity index (χ0v) is 12.9. The Labute approximate surface area is 127 Å². The zero-order chi connectivity index (χ0) is 15.6. The van der Waals surface area contributed by atoms with E-state index in [1.54, 1.807) is 6.07 Å². The summed E-state index contributed by atoms with van der Waals surface area (Å²) in [5, 5.41) is 11.1. The van der Waals surface area contributed by atoms with Crippen LogP contribution in [-0.4, -0.2) is 10.7 Å². The summed E-state index contributed by atoms with van der Waals surface area (Å²) < 4.78 is 0. The first kappa shape index (κ1) is 15.3. The van der Waals surface area contributed by atoms with Gasteiger partial charge < -0.3 is 0 Å². The Morgan fingerprint density at radius 1 is 1.14 bits per heavy atom. The normalized spacial score (nSPS) is 10.4. The SMILES string of the molecule is CC(=O)c1ccc(Sc2cc(C)ccc2C)cc1[N+](=O)[O-]. The maximum absolute atomic E-state index is 11.4. The quantitative estimate of drug-likeness (QED) is 0.471.